The minimum Gasteiger partial charge on any atom is -0.480 e. The number of aliphatic carboxylic acids is 1. The summed E-state index contributed by atoms with van der Waals surface area (Å²) in [6.45, 7) is 9.13. The monoisotopic (exact) mass is 665 g/mol. The second-order valence-corrected chi connectivity index (χ2v) is 11.7. The quantitative estimate of drug-likeness (QED) is 0.0406. The highest BCUT2D eigenvalue weighted by atomic mass is 32.1. The number of unbranched alkanes of at least 4 members (excludes halogenated alkanes) is 2. The molecule has 0 bridgehead atoms. The zero-order valence-corrected chi connectivity index (χ0v) is 28.0. The third-order valence-corrected chi connectivity index (χ3v) is 5.07. The molecule has 19 heteroatoms. The summed E-state index contributed by atoms with van der Waals surface area (Å²) in [6, 6.07) is -1.50. The van der Waals surface area contributed by atoms with Crippen molar-refractivity contribution < 1.29 is 43.9 Å². The lowest BCUT2D eigenvalue weighted by molar-refractivity contribution is -0.463. The molecule has 2 atom stereocenters. The standard InChI is InChI=1S/C13H23N3O6.C13H25N3O5.B.H2S/c1-13(2,3)22-12(19)15-10(11(17)18)7-5-4-6-9(14)8-16(20)21;1-13(2,3)21-12(18)15-11(9-17)7-5-4-6-10(14)8-16(19)20;;/h10,14H,4-8H2,1-3H3,(H,15,19)(H,17,18);11,14,17H,4-9H2,1-3H3,(H,15,18);;1H2/t10-;11-;;/m00../s1. The van der Waals surface area contributed by atoms with Gasteiger partial charge in [-0.05, 0) is 80.1 Å². The van der Waals surface area contributed by atoms with Crippen molar-refractivity contribution in [3.63, 3.8) is 0 Å². The molecule has 45 heavy (non-hydrogen) atoms. The number of carbonyl (C=O) groups excluding carboxylic acids is 2. The number of hydrogen-bond acceptors (Lipinski definition) is 12. The van der Waals surface area contributed by atoms with Gasteiger partial charge in [0.1, 0.15) is 17.2 Å². The molecule has 0 spiro atoms. The summed E-state index contributed by atoms with van der Waals surface area (Å²) < 4.78 is 10.1. The number of amides is 2. The summed E-state index contributed by atoms with van der Waals surface area (Å²) in [4.78, 5) is 53.4. The number of aliphatic hydroxyl groups excluding tert-OH is 1. The molecule has 259 valence electrons. The van der Waals surface area contributed by atoms with Crippen molar-refractivity contribution >= 4 is 51.5 Å². The molecule has 0 rings (SSSR count). The van der Waals surface area contributed by atoms with E-state index in [1.165, 1.54) is 0 Å². The van der Waals surface area contributed by atoms with Gasteiger partial charge < -0.3 is 41.1 Å². The van der Waals surface area contributed by atoms with Crippen LogP contribution in [0, 0.1) is 31.0 Å². The average molecular weight is 666 g/mol. The van der Waals surface area contributed by atoms with E-state index < -0.39 is 64.4 Å². The molecule has 0 unspecified atom stereocenters. The predicted molar refractivity (Wildman–Crippen MR) is 173 cm³/mol. The number of carboxylic acid groups (broad SMARTS) is 1. The van der Waals surface area contributed by atoms with Gasteiger partial charge in [0, 0.05) is 18.3 Å². The van der Waals surface area contributed by atoms with Crippen LogP contribution < -0.4 is 10.6 Å². The number of ether oxygens (including phenoxy) is 2. The first kappa shape index (κ1) is 48.4. The Bertz CT molecular complexity index is 959. The van der Waals surface area contributed by atoms with Gasteiger partial charge >= 0.3 is 18.2 Å². The first-order valence-corrected chi connectivity index (χ1v) is 13.8. The Balaban J connectivity index is -0.000000358. The Morgan fingerprint density at radius 1 is 0.778 bits per heavy atom. The lowest BCUT2D eigenvalue weighted by Crippen LogP contribution is -2.43. The predicted octanol–water partition coefficient (Wildman–Crippen LogP) is 3.28. The molecule has 0 saturated heterocycles. The molecule has 0 aromatic carbocycles. The van der Waals surface area contributed by atoms with Crippen LogP contribution in [0.25, 0.3) is 0 Å². The van der Waals surface area contributed by atoms with Crippen LogP contribution in [0.1, 0.15) is 92.9 Å². The van der Waals surface area contributed by atoms with E-state index in [9.17, 15) is 39.7 Å². The molecular formula is C26H50BN6O11S. The van der Waals surface area contributed by atoms with Crippen molar-refractivity contribution in [2.24, 2.45) is 0 Å². The minimum atomic E-state index is -1.17. The van der Waals surface area contributed by atoms with Crippen LogP contribution in [0.15, 0.2) is 0 Å². The highest BCUT2D eigenvalue weighted by Gasteiger charge is 2.24. The number of carboxylic acids is 1. The largest absolute Gasteiger partial charge is 0.480 e. The van der Waals surface area contributed by atoms with E-state index >= 15 is 0 Å². The Morgan fingerprint density at radius 3 is 1.49 bits per heavy atom. The van der Waals surface area contributed by atoms with Gasteiger partial charge in [0.2, 0.25) is 13.1 Å². The summed E-state index contributed by atoms with van der Waals surface area (Å²) in [5, 5.41) is 58.2. The van der Waals surface area contributed by atoms with Gasteiger partial charge in [-0.3, -0.25) is 20.2 Å². The number of alkyl carbamates (subject to hydrolysis) is 2. The number of nitrogens with one attached hydrogen (secondary N) is 4. The van der Waals surface area contributed by atoms with E-state index in [0.29, 0.717) is 38.5 Å². The summed E-state index contributed by atoms with van der Waals surface area (Å²) in [5.74, 6) is -1.17. The topological polar surface area (TPSA) is 268 Å². The Hall–Kier alpha value is -3.48. The SMILES string of the molecule is CC(C)(C)OC(=O)N[C@@H](CCCCC(=N)C[N+](=O)[O-])C(=O)O.CC(C)(C)OC(=O)N[C@H](CO)CCCCC(=N)C[N+](=O)[O-].S.[B]. The van der Waals surface area contributed by atoms with Gasteiger partial charge in [0.25, 0.3) is 0 Å². The highest BCUT2D eigenvalue weighted by molar-refractivity contribution is 7.59. The maximum absolute atomic E-state index is 11.5. The lowest BCUT2D eigenvalue weighted by atomic mass is 10.1. The fourth-order valence-electron chi connectivity index (χ4n) is 3.28. The second-order valence-electron chi connectivity index (χ2n) is 11.7. The molecule has 17 nitrogen and oxygen atoms in total. The van der Waals surface area contributed by atoms with Crippen molar-refractivity contribution in [2.75, 3.05) is 19.7 Å². The van der Waals surface area contributed by atoms with E-state index in [1.807, 2.05) is 0 Å². The minimum absolute atomic E-state index is 0. The first-order chi connectivity index (χ1) is 19.6. The summed E-state index contributed by atoms with van der Waals surface area (Å²) in [7, 11) is 0. The number of nitro groups is 2. The molecule has 0 aliphatic heterocycles. The van der Waals surface area contributed by atoms with Gasteiger partial charge in [-0.25, -0.2) is 14.4 Å². The lowest BCUT2D eigenvalue weighted by Gasteiger charge is -2.22. The summed E-state index contributed by atoms with van der Waals surface area (Å²) in [6.07, 6.45) is 2.04. The van der Waals surface area contributed by atoms with Crippen LogP contribution in [0.3, 0.4) is 0 Å². The number of rotatable bonds is 18. The van der Waals surface area contributed by atoms with Gasteiger partial charge in [-0.15, -0.1) is 0 Å². The third-order valence-electron chi connectivity index (χ3n) is 5.07. The molecule has 0 aromatic rings. The summed E-state index contributed by atoms with van der Waals surface area (Å²) in [5.41, 5.74) is -1.23. The van der Waals surface area contributed by atoms with Crippen molar-refractivity contribution in [3.05, 3.63) is 20.2 Å². The first-order valence-electron chi connectivity index (χ1n) is 13.8. The van der Waals surface area contributed by atoms with E-state index in [0.717, 1.165) is 0 Å². The molecule has 0 fully saturated rings. The average Bonchev–Trinajstić information content (AvgIpc) is 2.80. The molecule has 0 heterocycles. The number of carbonyl (C=O) groups is 3. The molecule has 0 saturated carbocycles. The van der Waals surface area contributed by atoms with E-state index in [1.54, 1.807) is 41.5 Å². The zero-order chi connectivity index (χ0) is 33.8. The van der Waals surface area contributed by atoms with Gasteiger partial charge in [-0.2, -0.15) is 13.5 Å². The van der Waals surface area contributed by atoms with Crippen molar-refractivity contribution in [1.29, 1.82) is 10.8 Å². The number of hydrogen-bond donors (Lipinski definition) is 6. The maximum atomic E-state index is 11.5. The van der Waals surface area contributed by atoms with E-state index in [4.69, 9.17) is 25.4 Å². The zero-order valence-electron chi connectivity index (χ0n) is 27.0. The fourth-order valence-corrected chi connectivity index (χ4v) is 3.28. The molecule has 0 aromatic heterocycles. The smallest absolute Gasteiger partial charge is 0.408 e. The number of aliphatic hydroxyl groups is 1. The normalized spacial score (nSPS) is 11.9. The van der Waals surface area contributed by atoms with Gasteiger partial charge in [-0.1, -0.05) is 12.8 Å². The third kappa shape index (κ3) is 33.3. The van der Waals surface area contributed by atoms with Crippen molar-refractivity contribution in [2.45, 2.75) is 116 Å². The van der Waals surface area contributed by atoms with E-state index in [2.05, 4.69) is 10.6 Å². The van der Waals surface area contributed by atoms with Crippen molar-refractivity contribution in [3.8, 4) is 0 Å². The summed E-state index contributed by atoms with van der Waals surface area (Å²) >= 11 is 0. The highest BCUT2D eigenvalue weighted by Crippen LogP contribution is 2.10. The Morgan fingerprint density at radius 2 is 1.16 bits per heavy atom. The van der Waals surface area contributed by atoms with Gasteiger partial charge in [0.05, 0.1) is 24.1 Å². The molecular weight excluding hydrogens is 615 g/mol. The Kier molecular flexibility index (Phi) is 26.7. The Labute approximate surface area is 272 Å². The second kappa shape index (κ2) is 24.8. The fraction of sp³-hybridized carbons (Fsp3) is 0.808. The van der Waals surface area contributed by atoms with Gasteiger partial charge in [0.15, 0.2) is 0 Å². The van der Waals surface area contributed by atoms with Crippen LogP contribution in [0.5, 0.6) is 0 Å². The molecule has 0 aliphatic carbocycles. The van der Waals surface area contributed by atoms with Crippen LogP contribution in [-0.2, 0) is 14.3 Å². The van der Waals surface area contributed by atoms with E-state index in [-0.39, 0.29) is 52.8 Å². The van der Waals surface area contributed by atoms with Crippen LogP contribution in [-0.4, -0.2) is 101 Å². The molecule has 3 radical (unpaired) electrons. The molecule has 2 amide bonds. The molecule has 6 N–H and O–H groups in total. The van der Waals surface area contributed by atoms with Crippen LogP contribution in [0.4, 0.5) is 9.59 Å². The molecule has 0 aliphatic rings. The van der Waals surface area contributed by atoms with Crippen LogP contribution >= 0.6 is 13.5 Å². The van der Waals surface area contributed by atoms with Crippen LogP contribution in [0.2, 0.25) is 0 Å². The maximum Gasteiger partial charge on any atom is 0.408 e. The van der Waals surface area contributed by atoms with Crippen molar-refractivity contribution in [1.82, 2.24) is 10.6 Å². The number of nitrogens with zero attached hydrogens (tertiary/aromatic N) is 2.